The van der Waals surface area contributed by atoms with Gasteiger partial charge in [0.15, 0.2) is 0 Å². The quantitative estimate of drug-likeness (QED) is 0.587. The molecule has 1 fully saturated rings. The maximum absolute atomic E-state index is 5.62. The number of nitrogens with two attached hydrogens (primary N) is 1. The maximum atomic E-state index is 5.62. The van der Waals surface area contributed by atoms with Gasteiger partial charge in [0.2, 0.25) is 0 Å². The number of nitrogens with one attached hydrogen (secondary N) is 1. The fourth-order valence-corrected chi connectivity index (χ4v) is 1.79. The van der Waals surface area contributed by atoms with Crippen molar-refractivity contribution in [3.05, 3.63) is 0 Å². The van der Waals surface area contributed by atoms with E-state index in [0.29, 0.717) is 0 Å². The lowest BCUT2D eigenvalue weighted by Crippen LogP contribution is -2.25. The van der Waals surface area contributed by atoms with Gasteiger partial charge in [0.25, 0.3) is 0 Å². The number of hydrogen-bond donors (Lipinski definition) is 2. The molecule has 1 rings (SSSR count). The Kier molecular flexibility index (Phi) is 2.69. The van der Waals surface area contributed by atoms with Gasteiger partial charge in [-0.05, 0) is 37.4 Å². The Bertz CT molecular complexity index is 101. The molecule has 3 N–H and O–H groups in total. The minimum atomic E-state index is 0.722. The molecule has 1 heterocycles. The van der Waals surface area contributed by atoms with Crippen LogP contribution in [0.4, 0.5) is 0 Å². The topological polar surface area (TPSA) is 38.0 Å². The van der Waals surface area contributed by atoms with Gasteiger partial charge in [-0.1, -0.05) is 13.8 Å². The lowest BCUT2D eigenvalue weighted by Gasteiger charge is -2.19. The molecule has 0 aromatic rings. The molecule has 0 aliphatic carbocycles. The number of hydrogen-bond acceptors (Lipinski definition) is 2. The second-order valence-corrected chi connectivity index (χ2v) is 3.56. The van der Waals surface area contributed by atoms with E-state index in [1.54, 1.807) is 0 Å². The molecular weight excluding hydrogens is 124 g/mol. The van der Waals surface area contributed by atoms with Gasteiger partial charge in [0.05, 0.1) is 0 Å². The van der Waals surface area contributed by atoms with Crippen molar-refractivity contribution >= 4 is 0 Å². The summed E-state index contributed by atoms with van der Waals surface area (Å²) in [6.07, 6.45) is 0. The first-order chi connectivity index (χ1) is 4.75. The van der Waals surface area contributed by atoms with Gasteiger partial charge < -0.3 is 11.1 Å². The number of rotatable bonds is 2. The molecule has 10 heavy (non-hydrogen) atoms. The van der Waals surface area contributed by atoms with Crippen LogP contribution in [0.2, 0.25) is 0 Å². The van der Waals surface area contributed by atoms with E-state index >= 15 is 0 Å². The summed E-state index contributed by atoms with van der Waals surface area (Å²) in [5.74, 6) is 2.31. The molecule has 0 radical (unpaired) electrons. The minimum absolute atomic E-state index is 0.722. The molecule has 2 unspecified atom stereocenters. The van der Waals surface area contributed by atoms with E-state index in [-0.39, 0.29) is 0 Å². The summed E-state index contributed by atoms with van der Waals surface area (Å²) in [5, 5.41) is 3.37. The molecule has 1 saturated heterocycles. The van der Waals surface area contributed by atoms with Crippen LogP contribution in [0.3, 0.4) is 0 Å². The minimum Gasteiger partial charge on any atom is -0.330 e. The van der Waals surface area contributed by atoms with Gasteiger partial charge >= 0.3 is 0 Å². The standard InChI is InChI=1S/C8H18N2/c1-6(2)8-5-10-4-7(8)3-9/h6-8,10H,3-5,9H2,1-2H3. The molecule has 1 aliphatic heterocycles. The third-order valence-electron chi connectivity index (χ3n) is 2.55. The zero-order valence-electron chi connectivity index (χ0n) is 6.93. The predicted molar refractivity (Wildman–Crippen MR) is 43.7 cm³/mol. The van der Waals surface area contributed by atoms with Crippen LogP contribution in [0.5, 0.6) is 0 Å². The van der Waals surface area contributed by atoms with Crippen LogP contribution in [-0.4, -0.2) is 19.6 Å². The molecule has 0 aromatic carbocycles. The first-order valence-electron chi connectivity index (χ1n) is 4.16. The third kappa shape index (κ3) is 1.50. The first-order valence-corrected chi connectivity index (χ1v) is 4.16. The van der Waals surface area contributed by atoms with Crippen LogP contribution in [0.15, 0.2) is 0 Å². The summed E-state index contributed by atoms with van der Waals surface area (Å²) in [5.41, 5.74) is 5.62. The fraction of sp³-hybridized carbons (Fsp3) is 1.00. The van der Waals surface area contributed by atoms with Gasteiger partial charge in [-0.2, -0.15) is 0 Å². The molecule has 2 heteroatoms. The fourth-order valence-electron chi connectivity index (χ4n) is 1.79. The molecule has 2 atom stereocenters. The van der Waals surface area contributed by atoms with Crippen LogP contribution in [0.1, 0.15) is 13.8 Å². The Labute approximate surface area is 63.2 Å². The Morgan fingerprint density at radius 2 is 2.20 bits per heavy atom. The van der Waals surface area contributed by atoms with Gasteiger partial charge in [-0.3, -0.25) is 0 Å². The normalized spacial score (nSPS) is 33.6. The highest BCUT2D eigenvalue weighted by Gasteiger charge is 2.27. The zero-order valence-corrected chi connectivity index (χ0v) is 6.93. The van der Waals surface area contributed by atoms with E-state index in [4.69, 9.17) is 5.73 Å². The highest BCUT2D eigenvalue weighted by molar-refractivity contribution is 4.83. The second kappa shape index (κ2) is 3.35. The SMILES string of the molecule is CC(C)C1CNCC1CN. The molecule has 0 spiro atoms. The van der Waals surface area contributed by atoms with Gasteiger partial charge in [0.1, 0.15) is 0 Å². The summed E-state index contributed by atoms with van der Waals surface area (Å²) in [6.45, 7) is 7.69. The molecular formula is C8H18N2. The zero-order chi connectivity index (χ0) is 7.56. The lowest BCUT2D eigenvalue weighted by molar-refractivity contribution is 0.326. The molecule has 60 valence electrons. The summed E-state index contributed by atoms with van der Waals surface area (Å²) >= 11 is 0. The van der Waals surface area contributed by atoms with Crippen LogP contribution in [0, 0.1) is 17.8 Å². The summed E-state index contributed by atoms with van der Waals surface area (Å²) in [4.78, 5) is 0. The van der Waals surface area contributed by atoms with E-state index in [9.17, 15) is 0 Å². The Balaban J connectivity index is 2.42. The van der Waals surface area contributed by atoms with E-state index in [2.05, 4.69) is 19.2 Å². The average Bonchev–Trinajstić information content (AvgIpc) is 2.33. The van der Waals surface area contributed by atoms with Gasteiger partial charge in [-0.15, -0.1) is 0 Å². The molecule has 0 aromatic heterocycles. The molecule has 1 aliphatic rings. The summed E-state index contributed by atoms with van der Waals surface area (Å²) in [6, 6.07) is 0. The summed E-state index contributed by atoms with van der Waals surface area (Å²) < 4.78 is 0. The van der Waals surface area contributed by atoms with E-state index in [1.165, 1.54) is 6.54 Å². The highest BCUT2D eigenvalue weighted by atomic mass is 14.9. The van der Waals surface area contributed by atoms with Crippen LogP contribution >= 0.6 is 0 Å². The predicted octanol–water partition coefficient (Wildman–Crippen LogP) is 0.437. The third-order valence-corrected chi connectivity index (χ3v) is 2.55. The van der Waals surface area contributed by atoms with Crippen LogP contribution in [0.25, 0.3) is 0 Å². The maximum Gasteiger partial charge on any atom is -0.000510 e. The molecule has 0 saturated carbocycles. The molecule has 0 bridgehead atoms. The van der Waals surface area contributed by atoms with Gasteiger partial charge in [0, 0.05) is 0 Å². The smallest absolute Gasteiger partial charge is 0.000510 e. The van der Waals surface area contributed by atoms with Crippen molar-refractivity contribution in [2.75, 3.05) is 19.6 Å². The lowest BCUT2D eigenvalue weighted by atomic mass is 9.86. The Morgan fingerprint density at radius 1 is 1.50 bits per heavy atom. The van der Waals surface area contributed by atoms with Crippen molar-refractivity contribution in [1.82, 2.24) is 5.32 Å². The van der Waals surface area contributed by atoms with Crippen LogP contribution < -0.4 is 11.1 Å². The van der Waals surface area contributed by atoms with Crippen molar-refractivity contribution in [2.24, 2.45) is 23.5 Å². The highest BCUT2D eigenvalue weighted by Crippen LogP contribution is 2.23. The van der Waals surface area contributed by atoms with Crippen molar-refractivity contribution in [1.29, 1.82) is 0 Å². The second-order valence-electron chi connectivity index (χ2n) is 3.56. The van der Waals surface area contributed by atoms with Crippen molar-refractivity contribution in [3.63, 3.8) is 0 Å². The van der Waals surface area contributed by atoms with Crippen LogP contribution in [-0.2, 0) is 0 Å². The van der Waals surface area contributed by atoms with Crippen molar-refractivity contribution in [2.45, 2.75) is 13.8 Å². The van der Waals surface area contributed by atoms with E-state index < -0.39 is 0 Å². The van der Waals surface area contributed by atoms with E-state index in [1.807, 2.05) is 0 Å². The average molecular weight is 142 g/mol. The Morgan fingerprint density at radius 3 is 2.60 bits per heavy atom. The van der Waals surface area contributed by atoms with Crippen molar-refractivity contribution < 1.29 is 0 Å². The van der Waals surface area contributed by atoms with E-state index in [0.717, 1.165) is 30.8 Å². The Hall–Kier alpha value is -0.0800. The largest absolute Gasteiger partial charge is 0.330 e. The van der Waals surface area contributed by atoms with Gasteiger partial charge in [-0.25, -0.2) is 0 Å². The molecule has 2 nitrogen and oxygen atoms in total. The monoisotopic (exact) mass is 142 g/mol. The summed E-state index contributed by atoms with van der Waals surface area (Å²) in [7, 11) is 0. The van der Waals surface area contributed by atoms with Crippen molar-refractivity contribution in [3.8, 4) is 0 Å². The first kappa shape index (κ1) is 8.02. The molecule has 0 amide bonds.